The van der Waals surface area contributed by atoms with Gasteiger partial charge in [-0.2, -0.15) is 0 Å². The zero-order valence-corrected chi connectivity index (χ0v) is 20.8. The Balaban J connectivity index is -0.000000414. The van der Waals surface area contributed by atoms with Crippen LogP contribution in [0.15, 0.2) is 0 Å². The number of hydrogen-bond acceptors (Lipinski definition) is 2. The molecule has 3 aliphatic rings. The molecule has 0 aromatic rings. The van der Waals surface area contributed by atoms with Crippen molar-refractivity contribution >= 4 is 6.29 Å². The van der Waals surface area contributed by atoms with E-state index >= 15 is 0 Å². The molecule has 0 N–H and O–H groups in total. The number of nitrogens with zero attached hydrogens (tertiary/aromatic N) is 1. The molecule has 3 rings (SSSR count). The topological polar surface area (TPSA) is 20.3 Å². The van der Waals surface area contributed by atoms with Gasteiger partial charge in [0.2, 0.25) is 0 Å². The molecular formula is C24H53NO. The number of carbonyl (C=O) groups excluding carboxylic acids is 1. The van der Waals surface area contributed by atoms with E-state index in [4.69, 9.17) is 0 Å². The van der Waals surface area contributed by atoms with E-state index in [2.05, 4.69) is 39.6 Å². The number of likely N-dealkylation sites (tertiary alicyclic amines) is 1. The lowest BCUT2D eigenvalue weighted by Crippen LogP contribution is -2.26. The summed E-state index contributed by atoms with van der Waals surface area (Å²) in [5, 5.41) is 0. The summed E-state index contributed by atoms with van der Waals surface area (Å²) in [6.07, 6.45) is 7.72. The van der Waals surface area contributed by atoms with E-state index in [0.29, 0.717) is 16.2 Å². The van der Waals surface area contributed by atoms with E-state index in [1.165, 1.54) is 25.7 Å². The van der Waals surface area contributed by atoms with E-state index in [1.807, 2.05) is 55.4 Å². The normalized spacial score (nSPS) is 28.0. The Kier molecular flexibility index (Phi) is 17.1. The molecule has 2 aliphatic carbocycles. The predicted molar refractivity (Wildman–Crippen MR) is 121 cm³/mol. The first kappa shape index (κ1) is 30.4. The number of rotatable bonds is 1. The van der Waals surface area contributed by atoms with Crippen LogP contribution in [0.4, 0.5) is 0 Å². The first-order valence-electron chi connectivity index (χ1n) is 11.6. The highest BCUT2D eigenvalue weighted by atomic mass is 16.1. The second-order valence-corrected chi connectivity index (χ2v) is 7.17. The number of hydrogen-bond donors (Lipinski definition) is 0. The molecule has 3 fully saturated rings. The minimum Gasteiger partial charge on any atom is -0.302 e. The average Bonchev–Trinajstić information content (AvgIpc) is 2.88. The second-order valence-electron chi connectivity index (χ2n) is 7.17. The fourth-order valence-corrected chi connectivity index (χ4v) is 4.96. The van der Waals surface area contributed by atoms with E-state index in [9.17, 15) is 4.79 Å². The zero-order valence-electron chi connectivity index (χ0n) is 20.8. The molecule has 1 heterocycles. The molecule has 2 heteroatoms. The van der Waals surface area contributed by atoms with Crippen LogP contribution in [-0.4, -0.2) is 30.8 Å². The van der Waals surface area contributed by atoms with Crippen molar-refractivity contribution in [3.05, 3.63) is 0 Å². The van der Waals surface area contributed by atoms with Crippen LogP contribution >= 0.6 is 0 Å². The molecule has 2 nitrogen and oxygen atoms in total. The molecule has 0 amide bonds. The SMILES string of the molecule is CC.CC.CC.CC.CCC.CN1CC2(CC1C=O)C(C)(C)C21CCC1. The second kappa shape index (κ2) is 14.7. The van der Waals surface area contributed by atoms with Gasteiger partial charge in [0.25, 0.3) is 0 Å². The smallest absolute Gasteiger partial charge is 0.137 e. The molecule has 2 atom stereocenters. The van der Waals surface area contributed by atoms with Crippen molar-refractivity contribution in [2.45, 2.75) is 121 Å². The molecule has 1 saturated heterocycles. The van der Waals surface area contributed by atoms with Gasteiger partial charge in [0, 0.05) is 6.54 Å². The van der Waals surface area contributed by atoms with Gasteiger partial charge in [0.1, 0.15) is 6.29 Å². The monoisotopic (exact) mass is 371 g/mol. The van der Waals surface area contributed by atoms with Crippen LogP contribution in [0, 0.1) is 16.2 Å². The highest BCUT2D eigenvalue weighted by Crippen LogP contribution is 2.88. The minimum absolute atomic E-state index is 0.184. The largest absolute Gasteiger partial charge is 0.302 e. The van der Waals surface area contributed by atoms with Gasteiger partial charge < -0.3 is 4.79 Å². The lowest BCUT2D eigenvalue weighted by Gasteiger charge is -2.32. The molecule has 0 radical (unpaired) electrons. The summed E-state index contributed by atoms with van der Waals surface area (Å²) < 4.78 is 0. The van der Waals surface area contributed by atoms with Crippen LogP contribution in [0.5, 0.6) is 0 Å². The molecule has 2 saturated carbocycles. The number of carbonyl (C=O) groups is 1. The third-order valence-electron chi connectivity index (χ3n) is 6.25. The van der Waals surface area contributed by atoms with Crippen molar-refractivity contribution in [2.75, 3.05) is 13.6 Å². The van der Waals surface area contributed by atoms with E-state index in [-0.39, 0.29) is 6.04 Å². The maximum absolute atomic E-state index is 11.0. The predicted octanol–water partition coefficient (Wildman–Crippen LogP) is 7.61. The highest BCUT2D eigenvalue weighted by Gasteiger charge is 2.84. The summed E-state index contributed by atoms with van der Waals surface area (Å²) in [6.45, 7) is 26.2. The van der Waals surface area contributed by atoms with Gasteiger partial charge in [-0.15, -0.1) is 0 Å². The Hall–Kier alpha value is -0.370. The molecule has 0 aromatic carbocycles. The van der Waals surface area contributed by atoms with Crippen LogP contribution in [0.1, 0.15) is 115 Å². The quantitative estimate of drug-likeness (QED) is 0.442. The van der Waals surface area contributed by atoms with Gasteiger partial charge in [0.05, 0.1) is 6.04 Å². The Labute approximate surface area is 167 Å². The molecule has 1 aliphatic heterocycles. The molecule has 2 spiro atoms. The molecule has 2 unspecified atom stereocenters. The van der Waals surface area contributed by atoms with Crippen molar-refractivity contribution < 1.29 is 4.79 Å². The van der Waals surface area contributed by atoms with E-state index in [1.54, 1.807) is 0 Å². The number of likely N-dealkylation sites (N-methyl/N-ethyl adjacent to an activating group) is 1. The Morgan fingerprint density at radius 2 is 1.27 bits per heavy atom. The average molecular weight is 372 g/mol. The van der Waals surface area contributed by atoms with Crippen molar-refractivity contribution in [1.82, 2.24) is 4.90 Å². The molecule has 26 heavy (non-hydrogen) atoms. The van der Waals surface area contributed by atoms with Crippen LogP contribution in [0.2, 0.25) is 0 Å². The van der Waals surface area contributed by atoms with Gasteiger partial charge in [-0.25, -0.2) is 0 Å². The summed E-state index contributed by atoms with van der Waals surface area (Å²) in [4.78, 5) is 13.3. The fourth-order valence-electron chi connectivity index (χ4n) is 4.96. The first-order valence-corrected chi connectivity index (χ1v) is 11.6. The van der Waals surface area contributed by atoms with Crippen LogP contribution in [-0.2, 0) is 4.79 Å². The summed E-state index contributed by atoms with van der Waals surface area (Å²) >= 11 is 0. The summed E-state index contributed by atoms with van der Waals surface area (Å²) in [5.41, 5.74) is 1.55. The first-order chi connectivity index (χ1) is 12.4. The van der Waals surface area contributed by atoms with Gasteiger partial charge in [-0.3, -0.25) is 4.90 Å². The van der Waals surface area contributed by atoms with E-state index < -0.39 is 0 Å². The van der Waals surface area contributed by atoms with Gasteiger partial charge >= 0.3 is 0 Å². The zero-order chi connectivity index (χ0) is 21.6. The van der Waals surface area contributed by atoms with Crippen molar-refractivity contribution in [3.8, 4) is 0 Å². The van der Waals surface area contributed by atoms with Crippen LogP contribution < -0.4 is 0 Å². The van der Waals surface area contributed by atoms with Crippen molar-refractivity contribution in [2.24, 2.45) is 16.2 Å². The summed E-state index contributed by atoms with van der Waals surface area (Å²) in [7, 11) is 2.11. The van der Waals surface area contributed by atoms with Crippen LogP contribution in [0.25, 0.3) is 0 Å². The van der Waals surface area contributed by atoms with Gasteiger partial charge in [0.15, 0.2) is 0 Å². The molecule has 0 bridgehead atoms. The fraction of sp³-hybridized carbons (Fsp3) is 0.958. The third-order valence-corrected chi connectivity index (χ3v) is 6.25. The molecular weight excluding hydrogens is 318 g/mol. The van der Waals surface area contributed by atoms with E-state index in [0.717, 1.165) is 19.3 Å². The maximum atomic E-state index is 11.0. The maximum Gasteiger partial charge on any atom is 0.137 e. The third kappa shape index (κ3) is 5.12. The number of fused-ring (bicyclic) bond motifs is 1. The Morgan fingerprint density at radius 1 is 0.885 bits per heavy atom. The highest BCUT2D eigenvalue weighted by molar-refractivity contribution is 5.59. The van der Waals surface area contributed by atoms with Crippen LogP contribution in [0.3, 0.4) is 0 Å². The summed E-state index contributed by atoms with van der Waals surface area (Å²) in [5.74, 6) is 0. The summed E-state index contributed by atoms with van der Waals surface area (Å²) in [6, 6.07) is 0.184. The minimum atomic E-state index is 0.184. The Bertz CT molecular complexity index is 333. The number of aldehydes is 1. The Morgan fingerprint density at radius 3 is 1.46 bits per heavy atom. The van der Waals surface area contributed by atoms with Crippen molar-refractivity contribution in [1.29, 1.82) is 0 Å². The lowest BCUT2D eigenvalue weighted by atomic mass is 9.73. The van der Waals surface area contributed by atoms with Crippen molar-refractivity contribution in [3.63, 3.8) is 0 Å². The molecule has 0 aromatic heterocycles. The van der Waals surface area contributed by atoms with Gasteiger partial charge in [-0.05, 0) is 42.6 Å². The lowest BCUT2D eigenvalue weighted by molar-refractivity contribution is -0.111. The standard InChI is InChI=1S/C13H21NO.C3H8.4C2H6/c1-11(2)12(5-4-6-12)13(11)7-10(8-15)14(3)9-13;1-3-2;4*1-2/h8,10H,4-7,9H2,1-3H3;3H2,1-2H3;4*1-2H3. The van der Waals surface area contributed by atoms with Gasteiger partial charge in [-0.1, -0.05) is 95.9 Å². The molecule has 160 valence electrons.